The van der Waals surface area contributed by atoms with Crippen LogP contribution in [0.15, 0.2) is 24.4 Å². The van der Waals surface area contributed by atoms with Crippen molar-refractivity contribution in [1.82, 2.24) is 4.57 Å². The molecular formula is C15H22N2S. The van der Waals surface area contributed by atoms with Crippen molar-refractivity contribution in [3.05, 3.63) is 30.0 Å². The van der Waals surface area contributed by atoms with Crippen molar-refractivity contribution < 1.29 is 0 Å². The number of benzene rings is 1. The molecule has 2 nitrogen and oxygen atoms in total. The second-order valence-electron chi connectivity index (χ2n) is 5.26. The Morgan fingerprint density at radius 2 is 1.94 bits per heavy atom. The molecule has 0 radical (unpaired) electrons. The van der Waals surface area contributed by atoms with Crippen LogP contribution in [0.4, 0.5) is 5.69 Å². The van der Waals surface area contributed by atoms with E-state index in [1.165, 1.54) is 16.5 Å². The zero-order chi connectivity index (χ0) is 13.3. The van der Waals surface area contributed by atoms with Gasteiger partial charge in [0.2, 0.25) is 0 Å². The van der Waals surface area contributed by atoms with E-state index < -0.39 is 0 Å². The summed E-state index contributed by atoms with van der Waals surface area (Å²) < 4.78 is 2.32. The van der Waals surface area contributed by atoms with Crippen molar-refractivity contribution in [2.45, 2.75) is 44.7 Å². The smallest absolute Gasteiger partial charge is 0.0506 e. The van der Waals surface area contributed by atoms with E-state index in [0.717, 1.165) is 11.4 Å². The van der Waals surface area contributed by atoms with Crippen LogP contribution in [-0.4, -0.2) is 9.82 Å². The number of rotatable bonds is 4. The van der Waals surface area contributed by atoms with E-state index in [1.54, 1.807) is 0 Å². The van der Waals surface area contributed by atoms with Crippen molar-refractivity contribution in [2.24, 2.45) is 0 Å². The molecule has 0 saturated carbocycles. The molecule has 0 saturated heterocycles. The molecule has 0 atom stereocenters. The Bertz CT molecular complexity index is 541. The van der Waals surface area contributed by atoms with E-state index in [4.69, 9.17) is 5.73 Å². The monoisotopic (exact) mass is 262 g/mol. The van der Waals surface area contributed by atoms with Crippen LogP contribution in [0.1, 0.15) is 39.3 Å². The van der Waals surface area contributed by atoms with Gasteiger partial charge in [-0.2, -0.15) is 11.8 Å². The van der Waals surface area contributed by atoms with Crippen LogP contribution in [0.2, 0.25) is 0 Å². The maximum atomic E-state index is 6.15. The highest BCUT2D eigenvalue weighted by Gasteiger charge is 2.13. The third-order valence-electron chi connectivity index (χ3n) is 3.10. The van der Waals surface area contributed by atoms with Gasteiger partial charge in [-0.15, -0.1) is 0 Å². The van der Waals surface area contributed by atoms with E-state index in [1.807, 2.05) is 23.9 Å². The number of fused-ring (bicyclic) bond motifs is 1. The van der Waals surface area contributed by atoms with Gasteiger partial charge in [0.25, 0.3) is 0 Å². The quantitative estimate of drug-likeness (QED) is 0.825. The van der Waals surface area contributed by atoms with E-state index in [9.17, 15) is 0 Å². The highest BCUT2D eigenvalue weighted by molar-refractivity contribution is 7.99. The van der Waals surface area contributed by atoms with Crippen molar-refractivity contribution in [3.8, 4) is 0 Å². The molecule has 2 aromatic rings. The Kier molecular flexibility index (Phi) is 3.91. The number of hydrogen-bond donors (Lipinski definition) is 1. The van der Waals surface area contributed by atoms with Crippen molar-refractivity contribution >= 4 is 28.4 Å². The van der Waals surface area contributed by atoms with Gasteiger partial charge < -0.3 is 10.3 Å². The third kappa shape index (κ3) is 2.51. The summed E-state index contributed by atoms with van der Waals surface area (Å²) in [7, 11) is 0. The minimum Gasteiger partial charge on any atom is -0.398 e. The molecule has 0 fully saturated rings. The van der Waals surface area contributed by atoms with Gasteiger partial charge in [0.1, 0.15) is 0 Å². The Labute approximate surface area is 114 Å². The molecule has 0 aliphatic heterocycles. The molecule has 18 heavy (non-hydrogen) atoms. The van der Waals surface area contributed by atoms with Crippen LogP contribution in [0, 0.1) is 0 Å². The van der Waals surface area contributed by atoms with Gasteiger partial charge in [-0.3, -0.25) is 0 Å². The van der Waals surface area contributed by atoms with Crippen LogP contribution in [0.5, 0.6) is 0 Å². The van der Waals surface area contributed by atoms with Crippen LogP contribution >= 0.6 is 11.8 Å². The van der Waals surface area contributed by atoms with Gasteiger partial charge in [0, 0.05) is 29.1 Å². The second-order valence-corrected chi connectivity index (χ2v) is 6.82. The average Bonchev–Trinajstić information content (AvgIpc) is 2.67. The fourth-order valence-electron chi connectivity index (χ4n) is 2.22. The van der Waals surface area contributed by atoms with Crippen molar-refractivity contribution in [2.75, 3.05) is 5.73 Å². The number of aromatic nitrogens is 1. The fraction of sp³-hybridized carbons (Fsp3) is 0.467. The van der Waals surface area contributed by atoms with Gasteiger partial charge in [-0.05, 0) is 36.8 Å². The Hall–Kier alpha value is -1.09. The molecule has 0 bridgehead atoms. The Balaban J connectivity index is 2.52. The number of hydrogen-bond acceptors (Lipinski definition) is 2. The number of nitrogen functional groups attached to an aromatic ring is 1. The normalized spacial score (nSPS) is 11.9. The predicted octanol–water partition coefficient (Wildman–Crippen LogP) is 4.45. The summed E-state index contributed by atoms with van der Waals surface area (Å²) in [5, 5.41) is 1.88. The minimum absolute atomic E-state index is 0.465. The molecule has 1 heterocycles. The van der Waals surface area contributed by atoms with Gasteiger partial charge in [-0.25, -0.2) is 0 Å². The van der Waals surface area contributed by atoms with Gasteiger partial charge in [-0.1, -0.05) is 19.9 Å². The molecule has 0 spiro atoms. The lowest BCUT2D eigenvalue weighted by atomic mass is 10.1. The van der Waals surface area contributed by atoms with Crippen LogP contribution in [0.25, 0.3) is 10.9 Å². The largest absolute Gasteiger partial charge is 0.398 e. The van der Waals surface area contributed by atoms with E-state index in [-0.39, 0.29) is 0 Å². The summed E-state index contributed by atoms with van der Waals surface area (Å²) >= 11 is 1.96. The number of thioether (sulfide) groups is 1. The molecule has 0 aliphatic rings. The number of nitrogens with zero attached hydrogens (tertiary/aromatic N) is 1. The van der Waals surface area contributed by atoms with Gasteiger partial charge in [0.15, 0.2) is 0 Å². The molecule has 1 aromatic carbocycles. The van der Waals surface area contributed by atoms with Crippen LogP contribution in [-0.2, 0) is 5.75 Å². The molecule has 0 unspecified atom stereocenters. The zero-order valence-corrected chi connectivity index (χ0v) is 12.4. The fourth-order valence-corrected chi connectivity index (χ4v) is 2.95. The summed E-state index contributed by atoms with van der Waals surface area (Å²) in [5.74, 6) is 1.03. The number of anilines is 1. The second kappa shape index (κ2) is 5.27. The summed E-state index contributed by atoms with van der Waals surface area (Å²) in [6.07, 6.45) is 2.26. The summed E-state index contributed by atoms with van der Waals surface area (Å²) in [5.41, 5.74) is 9.66. The third-order valence-corrected chi connectivity index (χ3v) is 4.24. The molecule has 2 rings (SSSR count). The molecular weight excluding hydrogens is 240 g/mol. The molecule has 3 heteroatoms. The predicted molar refractivity (Wildman–Crippen MR) is 83.2 cm³/mol. The van der Waals surface area contributed by atoms with E-state index in [2.05, 4.69) is 44.5 Å². The first-order valence-electron chi connectivity index (χ1n) is 6.50. The Morgan fingerprint density at radius 1 is 1.22 bits per heavy atom. The molecule has 98 valence electrons. The van der Waals surface area contributed by atoms with Gasteiger partial charge in [0.05, 0.1) is 5.52 Å². The average molecular weight is 262 g/mol. The highest BCUT2D eigenvalue weighted by Crippen LogP contribution is 2.32. The standard InChI is InChI=1S/C15H22N2S/c1-10(2)17-8-12(9-18-11(3)4)15-13(16)6-5-7-14(15)17/h5-8,10-11H,9,16H2,1-4H3. The first-order valence-corrected chi connectivity index (χ1v) is 7.55. The van der Waals surface area contributed by atoms with E-state index >= 15 is 0 Å². The summed E-state index contributed by atoms with van der Waals surface area (Å²) in [4.78, 5) is 0. The minimum atomic E-state index is 0.465. The lowest BCUT2D eigenvalue weighted by Crippen LogP contribution is -1.98. The zero-order valence-electron chi connectivity index (χ0n) is 11.6. The molecule has 0 amide bonds. The molecule has 2 N–H and O–H groups in total. The lowest BCUT2D eigenvalue weighted by Gasteiger charge is -2.08. The summed E-state index contributed by atoms with van der Waals surface area (Å²) in [6.45, 7) is 8.88. The van der Waals surface area contributed by atoms with Crippen LogP contribution in [0.3, 0.4) is 0 Å². The first kappa shape index (κ1) is 13.3. The van der Waals surface area contributed by atoms with E-state index in [0.29, 0.717) is 11.3 Å². The maximum absolute atomic E-state index is 6.15. The van der Waals surface area contributed by atoms with Gasteiger partial charge >= 0.3 is 0 Å². The topological polar surface area (TPSA) is 30.9 Å². The SMILES string of the molecule is CC(C)SCc1cn(C(C)C)c2cccc(N)c12. The lowest BCUT2D eigenvalue weighted by molar-refractivity contribution is 0.622. The first-order chi connectivity index (χ1) is 8.50. The van der Waals surface area contributed by atoms with Crippen molar-refractivity contribution in [1.29, 1.82) is 0 Å². The Morgan fingerprint density at radius 3 is 2.56 bits per heavy atom. The number of nitrogens with two attached hydrogens (primary N) is 1. The maximum Gasteiger partial charge on any atom is 0.0506 e. The van der Waals surface area contributed by atoms with Crippen molar-refractivity contribution in [3.63, 3.8) is 0 Å². The highest BCUT2D eigenvalue weighted by atomic mass is 32.2. The summed E-state index contributed by atoms with van der Waals surface area (Å²) in [6, 6.07) is 6.66. The molecule has 1 aromatic heterocycles. The molecule has 0 aliphatic carbocycles. The van der Waals surface area contributed by atoms with Crippen LogP contribution < -0.4 is 5.73 Å².